The average molecular weight is 349 g/mol. The number of hydrogen-bond acceptors (Lipinski definition) is 4. The molecule has 1 aromatic heterocycles. The van der Waals surface area contributed by atoms with Gasteiger partial charge in [0.2, 0.25) is 5.91 Å². The van der Waals surface area contributed by atoms with Crippen LogP contribution in [0.15, 0.2) is 12.3 Å². The molecule has 0 bridgehead atoms. The highest BCUT2D eigenvalue weighted by atomic mass is 32.1. The molecule has 0 saturated carbocycles. The van der Waals surface area contributed by atoms with E-state index in [-0.39, 0.29) is 19.0 Å². The van der Waals surface area contributed by atoms with Crippen LogP contribution in [-0.4, -0.2) is 58.3 Å². The first-order chi connectivity index (χ1) is 10.8. The number of likely N-dealkylation sites (tertiary alicyclic amines) is 1. The highest BCUT2D eigenvalue weighted by molar-refractivity contribution is 7.08. The minimum atomic E-state index is -4.42. The van der Waals surface area contributed by atoms with Gasteiger partial charge in [-0.15, -0.1) is 0 Å². The van der Waals surface area contributed by atoms with Crippen molar-refractivity contribution in [3.63, 3.8) is 0 Å². The molecule has 1 atom stereocenters. The summed E-state index contributed by atoms with van der Waals surface area (Å²) in [5.74, 6) is -1.33. The lowest BCUT2D eigenvalue weighted by atomic mass is 9.96. The third kappa shape index (κ3) is 4.66. The molecule has 1 aliphatic heterocycles. The van der Waals surface area contributed by atoms with Crippen molar-refractivity contribution in [2.45, 2.75) is 25.9 Å². The maximum Gasteiger partial charge on any atom is 0.406 e. The van der Waals surface area contributed by atoms with Gasteiger partial charge in [0.25, 0.3) is 5.91 Å². The summed E-state index contributed by atoms with van der Waals surface area (Å²) in [5.41, 5.74) is 0. The van der Waals surface area contributed by atoms with Crippen LogP contribution in [0.5, 0.6) is 0 Å². The predicted molar refractivity (Wildman–Crippen MR) is 79.1 cm³/mol. The van der Waals surface area contributed by atoms with Crippen molar-refractivity contribution < 1.29 is 22.8 Å². The maximum absolute atomic E-state index is 12.5. The first-order valence-electron chi connectivity index (χ1n) is 7.37. The molecule has 128 valence electrons. The number of alkyl halides is 3. The van der Waals surface area contributed by atoms with E-state index in [2.05, 4.69) is 4.37 Å². The summed E-state index contributed by atoms with van der Waals surface area (Å²) >= 11 is 1.07. The van der Waals surface area contributed by atoms with E-state index in [0.29, 0.717) is 24.3 Å². The second-order valence-electron chi connectivity index (χ2n) is 5.43. The molecule has 5 nitrogen and oxygen atoms in total. The van der Waals surface area contributed by atoms with Gasteiger partial charge < -0.3 is 9.80 Å². The Balaban J connectivity index is 2.02. The van der Waals surface area contributed by atoms with E-state index in [4.69, 9.17) is 0 Å². The maximum atomic E-state index is 12.5. The van der Waals surface area contributed by atoms with Crippen molar-refractivity contribution in [3.8, 4) is 0 Å². The summed E-state index contributed by atoms with van der Waals surface area (Å²) < 4.78 is 41.5. The van der Waals surface area contributed by atoms with E-state index < -0.39 is 24.5 Å². The minimum absolute atomic E-state index is 0.00235. The zero-order valence-electron chi connectivity index (χ0n) is 12.7. The van der Waals surface area contributed by atoms with Gasteiger partial charge in [-0.2, -0.15) is 13.2 Å². The van der Waals surface area contributed by atoms with Crippen LogP contribution in [0.25, 0.3) is 0 Å². The van der Waals surface area contributed by atoms with Crippen molar-refractivity contribution in [1.29, 1.82) is 0 Å². The molecule has 2 rings (SSSR count). The SMILES string of the molecule is CCN(CC(F)(F)F)C(=O)C1CCCN(C(=O)c2ccns2)C1. The van der Waals surface area contributed by atoms with Gasteiger partial charge in [-0.25, -0.2) is 4.37 Å². The Bertz CT molecular complexity index is 548. The van der Waals surface area contributed by atoms with E-state index >= 15 is 0 Å². The smallest absolute Gasteiger partial charge is 0.337 e. The van der Waals surface area contributed by atoms with Crippen LogP contribution in [0.4, 0.5) is 13.2 Å². The topological polar surface area (TPSA) is 53.5 Å². The average Bonchev–Trinajstić information content (AvgIpc) is 3.05. The molecule has 1 aliphatic rings. The molecule has 9 heteroatoms. The van der Waals surface area contributed by atoms with Crippen molar-refractivity contribution in [3.05, 3.63) is 17.1 Å². The van der Waals surface area contributed by atoms with Crippen LogP contribution >= 0.6 is 11.5 Å². The van der Waals surface area contributed by atoms with Crippen LogP contribution < -0.4 is 0 Å². The van der Waals surface area contributed by atoms with Crippen LogP contribution in [0, 0.1) is 5.92 Å². The van der Waals surface area contributed by atoms with Gasteiger partial charge in [-0.05, 0) is 37.4 Å². The Morgan fingerprint density at radius 1 is 1.48 bits per heavy atom. The number of halogens is 3. The lowest BCUT2D eigenvalue weighted by molar-refractivity contribution is -0.164. The number of amides is 2. The minimum Gasteiger partial charge on any atom is -0.337 e. The van der Waals surface area contributed by atoms with Crippen molar-refractivity contribution >= 4 is 23.3 Å². The van der Waals surface area contributed by atoms with E-state index in [1.807, 2.05) is 0 Å². The molecule has 23 heavy (non-hydrogen) atoms. The highest BCUT2D eigenvalue weighted by Gasteiger charge is 2.36. The fraction of sp³-hybridized carbons (Fsp3) is 0.643. The van der Waals surface area contributed by atoms with Crippen molar-refractivity contribution in [2.75, 3.05) is 26.2 Å². The molecule has 0 N–H and O–H groups in total. The van der Waals surface area contributed by atoms with Gasteiger partial charge in [0, 0.05) is 25.8 Å². The summed E-state index contributed by atoms with van der Waals surface area (Å²) in [4.78, 5) is 27.4. The molecule has 1 fully saturated rings. The van der Waals surface area contributed by atoms with Crippen LogP contribution in [-0.2, 0) is 4.79 Å². The number of rotatable bonds is 4. The molecule has 1 unspecified atom stereocenters. The molecular formula is C14H18F3N3O2S. The Kier molecular flexibility index (Phi) is 5.61. The zero-order valence-corrected chi connectivity index (χ0v) is 13.5. The molecule has 0 aromatic carbocycles. The number of carbonyl (C=O) groups is 2. The third-order valence-electron chi connectivity index (χ3n) is 3.77. The zero-order chi connectivity index (χ0) is 17.0. The monoisotopic (exact) mass is 349 g/mol. The molecule has 1 saturated heterocycles. The summed E-state index contributed by atoms with van der Waals surface area (Å²) in [6.07, 6.45) is -1.80. The van der Waals surface area contributed by atoms with Crippen LogP contribution in [0.2, 0.25) is 0 Å². The summed E-state index contributed by atoms with van der Waals surface area (Å²) in [5, 5.41) is 0. The van der Waals surface area contributed by atoms with Crippen molar-refractivity contribution in [1.82, 2.24) is 14.2 Å². The molecule has 2 amide bonds. The van der Waals surface area contributed by atoms with E-state index in [0.717, 1.165) is 16.4 Å². The number of hydrogen-bond donors (Lipinski definition) is 0. The first-order valence-corrected chi connectivity index (χ1v) is 8.14. The van der Waals surface area contributed by atoms with Gasteiger partial charge >= 0.3 is 6.18 Å². The lowest BCUT2D eigenvalue weighted by Gasteiger charge is -2.34. The normalized spacial score (nSPS) is 18.8. The Morgan fingerprint density at radius 3 is 2.78 bits per heavy atom. The number of nitrogens with zero attached hydrogens (tertiary/aromatic N) is 3. The summed E-state index contributed by atoms with van der Waals surface area (Å²) in [7, 11) is 0. The quantitative estimate of drug-likeness (QED) is 0.839. The lowest BCUT2D eigenvalue weighted by Crippen LogP contribution is -2.48. The summed E-state index contributed by atoms with van der Waals surface area (Å²) in [6.45, 7) is 0.932. The molecular weight excluding hydrogens is 331 g/mol. The molecule has 2 heterocycles. The van der Waals surface area contributed by atoms with Gasteiger partial charge in [-0.1, -0.05) is 0 Å². The van der Waals surface area contributed by atoms with E-state index in [1.54, 1.807) is 6.07 Å². The predicted octanol–water partition coefficient (Wildman–Crippen LogP) is 2.41. The second kappa shape index (κ2) is 7.29. The van der Waals surface area contributed by atoms with Crippen LogP contribution in [0.1, 0.15) is 29.4 Å². The summed E-state index contributed by atoms with van der Waals surface area (Å²) in [6, 6.07) is 1.60. The van der Waals surface area contributed by atoms with Gasteiger partial charge in [0.1, 0.15) is 11.4 Å². The molecule has 1 aromatic rings. The Labute approximate surface area is 136 Å². The molecule has 0 spiro atoms. The first kappa shape index (κ1) is 17.7. The largest absolute Gasteiger partial charge is 0.406 e. The van der Waals surface area contributed by atoms with Crippen molar-refractivity contribution in [2.24, 2.45) is 5.92 Å². The number of piperidine rings is 1. The Morgan fingerprint density at radius 2 is 2.22 bits per heavy atom. The standard InChI is InChI=1S/C14H18F3N3O2S/c1-2-19(9-14(15,16)17)12(21)10-4-3-7-20(8-10)13(22)11-5-6-18-23-11/h5-6,10H,2-4,7-9H2,1H3. The van der Waals surface area contributed by atoms with Gasteiger partial charge in [-0.3, -0.25) is 9.59 Å². The third-order valence-corrected chi connectivity index (χ3v) is 4.50. The Hall–Kier alpha value is -1.64. The fourth-order valence-electron chi connectivity index (χ4n) is 2.67. The number of carbonyl (C=O) groups excluding carboxylic acids is 2. The molecule has 0 aliphatic carbocycles. The molecule has 0 radical (unpaired) electrons. The van der Waals surface area contributed by atoms with E-state index in [9.17, 15) is 22.8 Å². The number of aromatic nitrogens is 1. The van der Waals surface area contributed by atoms with Crippen LogP contribution in [0.3, 0.4) is 0 Å². The van der Waals surface area contributed by atoms with Gasteiger partial charge in [0.05, 0.1) is 5.92 Å². The van der Waals surface area contributed by atoms with Gasteiger partial charge in [0.15, 0.2) is 0 Å². The van der Waals surface area contributed by atoms with E-state index in [1.165, 1.54) is 18.0 Å². The second-order valence-corrected chi connectivity index (χ2v) is 6.27. The highest BCUT2D eigenvalue weighted by Crippen LogP contribution is 2.23. The fourth-order valence-corrected chi connectivity index (χ4v) is 3.23.